The highest BCUT2D eigenvalue weighted by molar-refractivity contribution is 7.99. The first-order chi connectivity index (χ1) is 14.0. The first-order valence-corrected chi connectivity index (χ1v) is 11.1. The lowest BCUT2D eigenvalue weighted by molar-refractivity contribution is -0.149. The Labute approximate surface area is 176 Å². The number of amides is 2. The Morgan fingerprint density at radius 2 is 1.83 bits per heavy atom. The number of nitrogens with one attached hydrogen (secondary N) is 1. The van der Waals surface area contributed by atoms with Gasteiger partial charge in [-0.2, -0.15) is 0 Å². The summed E-state index contributed by atoms with van der Waals surface area (Å²) in [5.41, 5.74) is 2.83. The van der Waals surface area contributed by atoms with E-state index in [1.807, 2.05) is 68.4 Å². The minimum Gasteiger partial charge on any atom is -0.464 e. The van der Waals surface area contributed by atoms with E-state index in [-0.39, 0.29) is 23.3 Å². The average Bonchev–Trinajstić information content (AvgIpc) is 3.18. The molecule has 2 amide bonds. The molecule has 1 saturated heterocycles. The predicted molar refractivity (Wildman–Crippen MR) is 118 cm³/mol. The summed E-state index contributed by atoms with van der Waals surface area (Å²) in [6.07, 6.45) is 0.813. The van der Waals surface area contributed by atoms with Crippen LogP contribution >= 0.6 is 11.8 Å². The van der Waals surface area contributed by atoms with E-state index >= 15 is 0 Å². The fourth-order valence-electron chi connectivity index (χ4n) is 3.29. The lowest BCUT2D eigenvalue weighted by Gasteiger charge is -2.29. The molecule has 1 aliphatic heterocycles. The van der Waals surface area contributed by atoms with Crippen molar-refractivity contribution in [1.82, 2.24) is 4.90 Å². The number of urea groups is 1. The maximum absolute atomic E-state index is 13.3. The fraction of sp³-hybridized carbons (Fsp3) is 0.391. The molecule has 0 aliphatic carbocycles. The molecule has 0 radical (unpaired) electrons. The maximum atomic E-state index is 13.3. The highest BCUT2D eigenvalue weighted by atomic mass is 32.2. The summed E-state index contributed by atoms with van der Waals surface area (Å²) < 4.78 is 5.47. The van der Waals surface area contributed by atoms with Crippen LogP contribution in [0.4, 0.5) is 10.5 Å². The molecule has 1 aliphatic rings. The number of rotatable bonds is 6. The summed E-state index contributed by atoms with van der Waals surface area (Å²) in [5, 5.41) is 2.78. The van der Waals surface area contributed by atoms with Crippen molar-refractivity contribution in [2.75, 3.05) is 17.7 Å². The minimum atomic E-state index is -0.613. The van der Waals surface area contributed by atoms with Gasteiger partial charge in [-0.25, -0.2) is 9.59 Å². The molecular weight excluding hydrogens is 384 g/mol. The molecule has 154 valence electrons. The number of nitrogens with zero attached hydrogens (tertiary/aromatic N) is 1. The fourth-order valence-corrected chi connectivity index (χ4v) is 4.70. The molecule has 2 unspecified atom stereocenters. The molecule has 2 aromatic carbocycles. The smallest absolute Gasteiger partial charge is 0.329 e. The van der Waals surface area contributed by atoms with Crippen LogP contribution in [0.15, 0.2) is 54.6 Å². The third-order valence-corrected chi connectivity index (χ3v) is 6.11. The number of ether oxygens (including phenoxy) is 1. The Kier molecular flexibility index (Phi) is 7.20. The van der Waals surface area contributed by atoms with Gasteiger partial charge in [-0.1, -0.05) is 69.3 Å². The van der Waals surface area contributed by atoms with E-state index in [1.54, 1.807) is 16.7 Å². The van der Waals surface area contributed by atoms with Crippen molar-refractivity contribution in [3.63, 3.8) is 0 Å². The maximum Gasteiger partial charge on any atom is 0.329 e. The summed E-state index contributed by atoms with van der Waals surface area (Å²) in [6, 6.07) is 16.7. The van der Waals surface area contributed by atoms with Gasteiger partial charge in [0.1, 0.15) is 11.4 Å². The number of hydrogen-bond donors (Lipinski definition) is 1. The second kappa shape index (κ2) is 9.83. The van der Waals surface area contributed by atoms with E-state index in [2.05, 4.69) is 12.2 Å². The van der Waals surface area contributed by atoms with Crippen molar-refractivity contribution in [2.24, 2.45) is 5.92 Å². The van der Waals surface area contributed by atoms with E-state index in [0.717, 1.165) is 23.2 Å². The van der Waals surface area contributed by atoms with Crippen molar-refractivity contribution in [2.45, 2.75) is 38.6 Å². The van der Waals surface area contributed by atoms with Gasteiger partial charge in [-0.05, 0) is 29.5 Å². The number of anilines is 1. The van der Waals surface area contributed by atoms with Gasteiger partial charge in [0.2, 0.25) is 0 Å². The van der Waals surface area contributed by atoms with Crippen molar-refractivity contribution in [1.29, 1.82) is 0 Å². The Bertz CT molecular complexity index is 841. The molecule has 2 aromatic rings. The van der Waals surface area contributed by atoms with Crippen LogP contribution < -0.4 is 5.32 Å². The number of carbonyl (C=O) groups is 2. The Balaban J connectivity index is 1.86. The largest absolute Gasteiger partial charge is 0.464 e. The molecule has 0 saturated carbocycles. The standard InChI is InChI=1S/C23H28N2O3S/c1-4-17-10-8-9-13-19(17)24-23(27)25-20(22(26)28-14-16(2)3)15-29-21(25)18-11-6-5-7-12-18/h5-13,16,20-21H,4,14-15H2,1-3H3,(H,24,27). The van der Waals surface area contributed by atoms with Crippen LogP contribution in [-0.4, -0.2) is 35.3 Å². The van der Waals surface area contributed by atoms with E-state index in [1.165, 1.54) is 0 Å². The zero-order valence-corrected chi connectivity index (χ0v) is 17.9. The number of para-hydroxylation sites is 1. The van der Waals surface area contributed by atoms with Crippen LogP contribution in [0.1, 0.15) is 37.3 Å². The van der Waals surface area contributed by atoms with Gasteiger partial charge in [-0.3, -0.25) is 4.90 Å². The minimum absolute atomic E-state index is 0.235. The van der Waals surface area contributed by atoms with Crippen LogP contribution in [-0.2, 0) is 16.0 Å². The van der Waals surface area contributed by atoms with Crippen molar-refractivity contribution < 1.29 is 14.3 Å². The number of carbonyl (C=O) groups excluding carboxylic acids is 2. The number of thioether (sulfide) groups is 1. The van der Waals surface area contributed by atoms with Crippen LogP contribution in [0, 0.1) is 5.92 Å². The molecule has 6 heteroatoms. The molecule has 0 bridgehead atoms. The first kappa shape index (κ1) is 21.2. The highest BCUT2D eigenvalue weighted by Gasteiger charge is 2.43. The van der Waals surface area contributed by atoms with Crippen LogP contribution in [0.5, 0.6) is 0 Å². The second-order valence-electron chi connectivity index (χ2n) is 7.48. The van der Waals surface area contributed by atoms with E-state index < -0.39 is 6.04 Å². The first-order valence-electron chi connectivity index (χ1n) is 10.0. The SMILES string of the molecule is CCc1ccccc1NC(=O)N1C(C(=O)OCC(C)C)CSC1c1ccccc1. The summed E-state index contributed by atoms with van der Waals surface area (Å²) in [7, 11) is 0. The molecule has 3 rings (SSSR count). The van der Waals surface area contributed by atoms with Crippen molar-refractivity contribution >= 4 is 29.4 Å². The number of benzene rings is 2. The topological polar surface area (TPSA) is 58.6 Å². The molecule has 1 heterocycles. The number of esters is 1. The number of aryl methyl sites for hydroxylation is 1. The second-order valence-corrected chi connectivity index (χ2v) is 8.60. The van der Waals surface area contributed by atoms with Gasteiger partial charge < -0.3 is 10.1 Å². The summed E-state index contributed by atoms with van der Waals surface area (Å²) in [5.74, 6) is 0.416. The Hall–Kier alpha value is -2.47. The van der Waals surface area contributed by atoms with Gasteiger partial charge in [0.25, 0.3) is 0 Å². The highest BCUT2D eigenvalue weighted by Crippen LogP contribution is 2.42. The molecule has 0 aromatic heterocycles. The van der Waals surface area contributed by atoms with Gasteiger partial charge in [0, 0.05) is 11.4 Å². The van der Waals surface area contributed by atoms with Crippen molar-refractivity contribution in [3.8, 4) is 0 Å². The predicted octanol–water partition coefficient (Wildman–Crippen LogP) is 5.10. The Morgan fingerprint density at radius 3 is 2.52 bits per heavy atom. The van der Waals surface area contributed by atoms with Gasteiger partial charge in [0.15, 0.2) is 0 Å². The van der Waals surface area contributed by atoms with E-state index in [9.17, 15) is 9.59 Å². The Morgan fingerprint density at radius 1 is 1.14 bits per heavy atom. The molecule has 1 fully saturated rings. The van der Waals surface area contributed by atoms with Crippen LogP contribution in [0.25, 0.3) is 0 Å². The van der Waals surface area contributed by atoms with Crippen molar-refractivity contribution in [3.05, 3.63) is 65.7 Å². The van der Waals surface area contributed by atoms with Gasteiger partial charge >= 0.3 is 12.0 Å². The molecule has 2 atom stereocenters. The quantitative estimate of drug-likeness (QED) is 0.671. The van der Waals surface area contributed by atoms with E-state index in [0.29, 0.717) is 12.4 Å². The normalized spacial score (nSPS) is 18.7. The molecule has 1 N–H and O–H groups in total. The summed E-state index contributed by atoms with van der Waals surface area (Å²) >= 11 is 1.59. The number of hydrogen-bond acceptors (Lipinski definition) is 4. The van der Waals surface area contributed by atoms with E-state index in [4.69, 9.17) is 4.74 Å². The van der Waals surface area contributed by atoms with Gasteiger partial charge in [-0.15, -0.1) is 11.8 Å². The summed E-state index contributed by atoms with van der Waals surface area (Å²) in [6.45, 7) is 6.39. The lowest BCUT2D eigenvalue weighted by atomic mass is 10.1. The molecular formula is C23H28N2O3S. The zero-order valence-electron chi connectivity index (χ0n) is 17.1. The molecule has 0 spiro atoms. The van der Waals surface area contributed by atoms with Crippen LogP contribution in [0.2, 0.25) is 0 Å². The monoisotopic (exact) mass is 412 g/mol. The van der Waals surface area contributed by atoms with Gasteiger partial charge in [0.05, 0.1) is 6.61 Å². The average molecular weight is 413 g/mol. The summed E-state index contributed by atoms with van der Waals surface area (Å²) in [4.78, 5) is 27.7. The van der Waals surface area contributed by atoms with Crippen LogP contribution in [0.3, 0.4) is 0 Å². The molecule has 5 nitrogen and oxygen atoms in total. The molecule has 29 heavy (non-hydrogen) atoms. The lowest BCUT2D eigenvalue weighted by Crippen LogP contribution is -2.46. The third kappa shape index (κ3) is 5.12. The third-order valence-electron chi connectivity index (χ3n) is 4.79. The zero-order chi connectivity index (χ0) is 20.8.